The van der Waals surface area contributed by atoms with E-state index >= 15 is 0 Å². The Kier molecular flexibility index (Phi) is 5.36. The number of hydrogen-bond donors (Lipinski definition) is 0. The molecule has 2 aromatic heterocycles. The molecule has 0 saturated heterocycles. The second-order valence-corrected chi connectivity index (χ2v) is 10.3. The fourth-order valence-electron chi connectivity index (χ4n) is 5.67. The largest absolute Gasteiger partial charge is 0.454 e. The van der Waals surface area contributed by atoms with Crippen LogP contribution in [0, 0.1) is 24.1 Å². The van der Waals surface area contributed by atoms with Crippen molar-refractivity contribution < 1.29 is 17.5 Å². The maximum atomic E-state index is 14.5. The van der Waals surface area contributed by atoms with Gasteiger partial charge in [0.05, 0.1) is 19.9 Å². The van der Waals surface area contributed by atoms with E-state index < -0.39 is 18.0 Å². The van der Waals surface area contributed by atoms with Crippen LogP contribution in [0.1, 0.15) is 15.2 Å². The molecule has 3 nitrogen and oxygen atoms in total. The Morgan fingerprint density at radius 2 is 1.33 bits per heavy atom. The zero-order valence-corrected chi connectivity index (χ0v) is 23.0. The number of benzene rings is 5. The van der Waals surface area contributed by atoms with Crippen molar-refractivity contribution in [2.24, 2.45) is 7.05 Å². The molecular weight excluding hydrogens is 519 g/mol. The average molecular weight is 549 g/mol. The molecule has 5 aromatic carbocycles. The number of hydrogen-bond acceptors (Lipinski definition) is 2. The van der Waals surface area contributed by atoms with Gasteiger partial charge in [-0.3, -0.25) is 0 Å². The van der Waals surface area contributed by atoms with E-state index in [1.807, 2.05) is 73.7 Å². The Bertz CT molecular complexity index is 2310. The van der Waals surface area contributed by atoms with Crippen LogP contribution in [-0.4, -0.2) is 0 Å². The Morgan fingerprint density at radius 1 is 0.714 bits per heavy atom. The molecule has 0 radical (unpaired) electrons. The molecule has 0 aliphatic carbocycles. The summed E-state index contributed by atoms with van der Waals surface area (Å²) in [7, 11) is 1.51. The normalized spacial score (nSPS) is 12.2. The van der Waals surface area contributed by atoms with Gasteiger partial charge in [0, 0.05) is 22.4 Å². The highest BCUT2D eigenvalue weighted by atomic mass is 19.1. The number of halogens is 1. The van der Waals surface area contributed by atoms with Crippen molar-refractivity contribution in [3.05, 3.63) is 138 Å². The number of aryl methyl sites for hydroxylation is 1. The molecule has 200 valence electrons. The smallest absolute Gasteiger partial charge is 0.216 e. The third-order valence-electron chi connectivity index (χ3n) is 7.74. The number of furan rings is 1. The second-order valence-electron chi connectivity index (χ2n) is 10.3. The van der Waals surface area contributed by atoms with Crippen molar-refractivity contribution in [3.8, 4) is 50.7 Å². The fourth-order valence-corrected chi connectivity index (χ4v) is 5.67. The maximum absolute atomic E-state index is 14.5. The minimum absolute atomic E-state index is 0.220. The quantitative estimate of drug-likeness (QED) is 0.206. The second kappa shape index (κ2) is 10.1. The van der Waals surface area contributed by atoms with Crippen molar-refractivity contribution in [3.63, 3.8) is 0 Å². The van der Waals surface area contributed by atoms with Gasteiger partial charge in [0.2, 0.25) is 11.9 Å². The summed E-state index contributed by atoms with van der Waals surface area (Å²) < 4.78 is 47.3. The molecule has 0 spiro atoms. The van der Waals surface area contributed by atoms with Gasteiger partial charge in [-0.1, -0.05) is 84.9 Å². The fraction of sp³-hybridized carbons (Fsp3) is 0.0526. The van der Waals surface area contributed by atoms with Crippen LogP contribution < -0.4 is 4.57 Å². The topological polar surface area (TPSA) is 40.8 Å². The summed E-state index contributed by atoms with van der Waals surface area (Å²) >= 11 is 0. The molecule has 4 heteroatoms. The number of fused-ring (bicyclic) bond motifs is 3. The van der Waals surface area contributed by atoms with Gasteiger partial charge in [-0.2, -0.15) is 9.83 Å². The number of rotatable bonds is 4. The van der Waals surface area contributed by atoms with Crippen LogP contribution >= 0.6 is 0 Å². The van der Waals surface area contributed by atoms with E-state index in [0.717, 1.165) is 44.2 Å². The molecule has 0 bridgehead atoms. The predicted octanol–water partition coefficient (Wildman–Crippen LogP) is 9.40. The molecule has 7 rings (SSSR count). The lowest BCUT2D eigenvalue weighted by Crippen LogP contribution is -2.31. The van der Waals surface area contributed by atoms with Gasteiger partial charge in [0.1, 0.15) is 19.6 Å². The summed E-state index contributed by atoms with van der Waals surface area (Å²) in [6.07, 6.45) is -0.486. The number of nitriles is 1. The van der Waals surface area contributed by atoms with Gasteiger partial charge in [-0.25, -0.2) is 4.39 Å². The first-order chi connectivity index (χ1) is 21.8. The molecule has 0 fully saturated rings. The van der Waals surface area contributed by atoms with E-state index in [1.54, 1.807) is 6.07 Å². The Hall–Kier alpha value is -5.53. The molecule has 0 N–H and O–H groups in total. The summed E-state index contributed by atoms with van der Waals surface area (Å²) in [5.74, 6) is -1.04. The molecule has 0 unspecified atom stereocenters. The molecule has 42 heavy (non-hydrogen) atoms. The van der Waals surface area contributed by atoms with Gasteiger partial charge < -0.3 is 4.42 Å². The summed E-state index contributed by atoms with van der Waals surface area (Å²) in [4.78, 5) is 0. The Labute approximate surface area is 247 Å². The molecular formula is C38H26FN2O+. The first kappa shape index (κ1) is 22.2. The van der Waals surface area contributed by atoms with Crippen LogP contribution in [0.25, 0.3) is 66.6 Å². The van der Waals surface area contributed by atoms with Crippen molar-refractivity contribution in [2.75, 3.05) is 0 Å². The van der Waals surface area contributed by atoms with Crippen molar-refractivity contribution >= 4 is 21.9 Å². The molecule has 0 aliphatic rings. The number of aromatic nitrogens is 1. The van der Waals surface area contributed by atoms with Crippen LogP contribution in [0.15, 0.2) is 126 Å². The lowest BCUT2D eigenvalue weighted by Gasteiger charge is -2.09. The monoisotopic (exact) mass is 548 g/mol. The van der Waals surface area contributed by atoms with Crippen LogP contribution in [-0.2, 0) is 7.05 Å². The highest BCUT2D eigenvalue weighted by Crippen LogP contribution is 2.42. The molecule has 0 saturated carbocycles. The van der Waals surface area contributed by atoms with Gasteiger partial charge in [0.25, 0.3) is 0 Å². The minimum atomic E-state index is -1.04. The Morgan fingerprint density at radius 3 is 2.05 bits per heavy atom. The lowest BCUT2D eigenvalue weighted by molar-refractivity contribution is -0.661. The highest BCUT2D eigenvalue weighted by Gasteiger charge is 2.23. The predicted molar refractivity (Wildman–Crippen MR) is 166 cm³/mol. The molecule has 2 heterocycles. The summed E-state index contributed by atoms with van der Waals surface area (Å²) in [5, 5.41) is 11.7. The van der Waals surface area contributed by atoms with E-state index in [1.165, 1.54) is 11.6 Å². The lowest BCUT2D eigenvalue weighted by atomic mass is 9.94. The summed E-state index contributed by atoms with van der Waals surface area (Å²) in [6, 6.07) is 35.4. The van der Waals surface area contributed by atoms with Gasteiger partial charge >= 0.3 is 0 Å². The zero-order chi connectivity index (χ0) is 31.4. The van der Waals surface area contributed by atoms with Crippen LogP contribution in [0.3, 0.4) is 0 Å². The van der Waals surface area contributed by atoms with Crippen molar-refractivity contribution in [1.82, 2.24) is 0 Å². The van der Waals surface area contributed by atoms with E-state index in [-0.39, 0.29) is 11.7 Å². The average Bonchev–Trinajstić information content (AvgIpc) is 3.46. The Balaban J connectivity index is 1.41. The van der Waals surface area contributed by atoms with Crippen molar-refractivity contribution in [1.29, 1.82) is 5.26 Å². The van der Waals surface area contributed by atoms with Crippen LogP contribution in [0.2, 0.25) is 0 Å². The van der Waals surface area contributed by atoms with Crippen LogP contribution in [0.4, 0.5) is 4.39 Å². The first-order valence-corrected chi connectivity index (χ1v) is 13.6. The number of pyridine rings is 1. The summed E-state index contributed by atoms with van der Waals surface area (Å²) in [5.41, 5.74) is 8.74. The minimum Gasteiger partial charge on any atom is -0.454 e. The van der Waals surface area contributed by atoms with E-state index in [9.17, 15) is 9.65 Å². The third-order valence-corrected chi connectivity index (χ3v) is 7.74. The summed E-state index contributed by atoms with van der Waals surface area (Å²) in [6.45, 7) is 1.85. The highest BCUT2D eigenvalue weighted by molar-refractivity contribution is 6.14. The van der Waals surface area contributed by atoms with Gasteiger partial charge in [0.15, 0.2) is 5.82 Å². The van der Waals surface area contributed by atoms with Crippen LogP contribution in [0.5, 0.6) is 0 Å². The van der Waals surface area contributed by atoms with Gasteiger partial charge in [-0.15, -0.1) is 0 Å². The zero-order valence-electron chi connectivity index (χ0n) is 26.0. The number of nitrogens with zero attached hydrogens (tertiary/aromatic N) is 2. The van der Waals surface area contributed by atoms with E-state index in [4.69, 9.17) is 8.53 Å². The SMILES string of the molecule is [2H]c1c([2H])c(-c2c(C)ccc3c2oc2c(-c4ccc(-c5cccc(-c6ccccc6)c5)cc4)c(C#N)ccc23)[n+](C)c([2H])c1F. The third kappa shape index (κ3) is 4.24. The van der Waals surface area contributed by atoms with E-state index in [2.05, 4.69) is 36.4 Å². The van der Waals surface area contributed by atoms with Gasteiger partial charge in [-0.05, 0) is 64.5 Å². The first-order valence-electron chi connectivity index (χ1n) is 15.1. The van der Waals surface area contributed by atoms with E-state index in [0.29, 0.717) is 27.9 Å². The molecule has 0 amide bonds. The van der Waals surface area contributed by atoms with Crippen molar-refractivity contribution in [2.45, 2.75) is 6.92 Å². The standard InChI is InChI=1S/C38H26FN2O/c1-24-11-18-32-33-19-16-30(22-40)36(38(33)42-37(32)35(24)34-20-17-31(39)23-41(34)2)27-14-12-26(13-15-27)29-10-6-9-28(21-29)25-7-4-3-5-8-25/h3-21,23H,1-2H3/q+1/i17D,20D,23D. The molecule has 0 atom stereocenters. The maximum Gasteiger partial charge on any atom is 0.216 e. The molecule has 0 aliphatic heterocycles. The molecule has 7 aromatic rings.